The van der Waals surface area contributed by atoms with E-state index in [0.29, 0.717) is 12.2 Å². The van der Waals surface area contributed by atoms with Crippen molar-refractivity contribution in [3.63, 3.8) is 0 Å². The minimum Gasteiger partial charge on any atom is -0.399 e. The quantitative estimate of drug-likeness (QED) is 0.862. The minimum atomic E-state index is -3.18. The Morgan fingerprint density at radius 2 is 1.95 bits per heavy atom. The topological polar surface area (TPSA) is 63.4 Å². The number of rotatable bonds is 4. The summed E-state index contributed by atoms with van der Waals surface area (Å²) in [6.07, 6.45) is 4.80. The van der Waals surface area contributed by atoms with Crippen molar-refractivity contribution in [1.29, 1.82) is 0 Å². The van der Waals surface area contributed by atoms with Crippen LogP contribution >= 0.6 is 0 Å². The fraction of sp³-hybridized carbons (Fsp3) is 0.571. The summed E-state index contributed by atoms with van der Waals surface area (Å²) in [4.78, 5) is 0. The minimum absolute atomic E-state index is 0.202. The zero-order valence-corrected chi connectivity index (χ0v) is 12.2. The molecule has 0 unspecified atom stereocenters. The predicted octanol–water partition coefficient (Wildman–Crippen LogP) is 2.36. The molecule has 0 aromatic heterocycles. The van der Waals surface area contributed by atoms with E-state index in [4.69, 9.17) is 5.73 Å². The van der Waals surface area contributed by atoms with Gasteiger partial charge in [0.05, 0.1) is 5.25 Å². The Kier molecular flexibility index (Phi) is 4.47. The lowest BCUT2D eigenvalue weighted by Crippen LogP contribution is -2.36. The van der Waals surface area contributed by atoms with Crippen LogP contribution in [0.15, 0.2) is 24.3 Å². The van der Waals surface area contributed by atoms with Gasteiger partial charge in [-0.3, -0.25) is 0 Å². The number of anilines is 1. The molecule has 1 fully saturated rings. The molecule has 0 heterocycles. The summed E-state index contributed by atoms with van der Waals surface area (Å²) >= 11 is 0. The Balaban J connectivity index is 2.07. The largest absolute Gasteiger partial charge is 0.399 e. The van der Waals surface area contributed by atoms with Crippen molar-refractivity contribution < 1.29 is 8.42 Å². The second-order valence-electron chi connectivity index (χ2n) is 5.31. The van der Waals surface area contributed by atoms with Gasteiger partial charge in [0.2, 0.25) is 10.0 Å². The Morgan fingerprint density at radius 3 is 2.58 bits per heavy atom. The van der Waals surface area contributed by atoms with Gasteiger partial charge in [-0.2, -0.15) is 0 Å². The lowest BCUT2D eigenvalue weighted by Gasteiger charge is -2.27. The van der Waals surface area contributed by atoms with E-state index in [0.717, 1.165) is 37.7 Å². The van der Waals surface area contributed by atoms with Crippen molar-refractivity contribution in [1.82, 2.24) is 4.31 Å². The lowest BCUT2D eigenvalue weighted by molar-refractivity contribution is 0.423. The first-order valence-corrected chi connectivity index (χ1v) is 8.30. The van der Waals surface area contributed by atoms with E-state index in [2.05, 4.69) is 0 Å². The van der Waals surface area contributed by atoms with Gasteiger partial charge in [-0.05, 0) is 30.5 Å². The molecule has 0 saturated heterocycles. The maximum atomic E-state index is 12.5. The third kappa shape index (κ3) is 3.48. The zero-order valence-electron chi connectivity index (χ0n) is 11.4. The summed E-state index contributed by atoms with van der Waals surface area (Å²) in [7, 11) is -1.52. The van der Waals surface area contributed by atoms with Crippen molar-refractivity contribution in [2.45, 2.75) is 43.9 Å². The molecule has 1 saturated carbocycles. The number of sulfonamides is 1. The van der Waals surface area contributed by atoms with E-state index in [1.54, 1.807) is 13.1 Å². The van der Waals surface area contributed by atoms with Crippen LogP contribution in [-0.4, -0.2) is 25.0 Å². The molecule has 0 spiro atoms. The molecule has 1 aliphatic carbocycles. The fourth-order valence-corrected chi connectivity index (χ4v) is 4.42. The van der Waals surface area contributed by atoms with Gasteiger partial charge in [0.15, 0.2) is 0 Å². The molecule has 19 heavy (non-hydrogen) atoms. The molecule has 0 amide bonds. The summed E-state index contributed by atoms with van der Waals surface area (Å²) in [5, 5.41) is -0.202. The maximum absolute atomic E-state index is 12.5. The van der Waals surface area contributed by atoms with Crippen LogP contribution in [-0.2, 0) is 16.6 Å². The second-order valence-corrected chi connectivity index (χ2v) is 7.63. The Morgan fingerprint density at radius 1 is 1.26 bits per heavy atom. The standard InChI is InChI=1S/C14H22N2O2S/c1-16(11-12-6-5-7-13(15)10-12)19(17,18)14-8-3-2-4-9-14/h5-7,10,14H,2-4,8-9,11,15H2,1H3. The van der Waals surface area contributed by atoms with Crippen LogP contribution in [0.4, 0.5) is 5.69 Å². The van der Waals surface area contributed by atoms with Crippen molar-refractivity contribution in [3.8, 4) is 0 Å². The van der Waals surface area contributed by atoms with Gasteiger partial charge in [-0.1, -0.05) is 31.4 Å². The highest BCUT2D eigenvalue weighted by atomic mass is 32.2. The van der Waals surface area contributed by atoms with Crippen LogP contribution in [0.5, 0.6) is 0 Å². The zero-order chi connectivity index (χ0) is 13.9. The lowest BCUT2D eigenvalue weighted by atomic mass is 10.0. The van der Waals surface area contributed by atoms with E-state index in [-0.39, 0.29) is 5.25 Å². The summed E-state index contributed by atoms with van der Waals surface area (Å²) < 4.78 is 26.4. The van der Waals surface area contributed by atoms with Crippen LogP contribution < -0.4 is 5.73 Å². The first-order chi connectivity index (χ1) is 9.00. The molecule has 0 radical (unpaired) electrons. The third-order valence-corrected chi connectivity index (χ3v) is 6.08. The Hall–Kier alpha value is -1.07. The Bertz CT molecular complexity index is 522. The number of nitrogen functional groups attached to an aromatic ring is 1. The predicted molar refractivity (Wildman–Crippen MR) is 78.1 cm³/mol. The smallest absolute Gasteiger partial charge is 0.217 e. The number of nitrogens with zero attached hydrogens (tertiary/aromatic N) is 1. The molecule has 106 valence electrons. The summed E-state index contributed by atoms with van der Waals surface area (Å²) in [6.45, 7) is 0.393. The molecular weight excluding hydrogens is 260 g/mol. The second kappa shape index (κ2) is 5.92. The van der Waals surface area contributed by atoms with Crippen molar-refractivity contribution >= 4 is 15.7 Å². The fourth-order valence-electron chi connectivity index (χ4n) is 2.66. The monoisotopic (exact) mass is 282 g/mol. The molecular formula is C14H22N2O2S. The molecule has 4 nitrogen and oxygen atoms in total. The van der Waals surface area contributed by atoms with E-state index in [1.807, 2.05) is 18.2 Å². The normalized spacial score (nSPS) is 17.8. The maximum Gasteiger partial charge on any atom is 0.217 e. The molecule has 2 N–H and O–H groups in total. The molecule has 1 aromatic rings. The molecule has 2 rings (SSSR count). The molecule has 0 aliphatic heterocycles. The Labute approximate surface area is 115 Å². The van der Waals surface area contributed by atoms with Crippen molar-refractivity contribution in [2.75, 3.05) is 12.8 Å². The van der Waals surface area contributed by atoms with Gasteiger partial charge in [0.1, 0.15) is 0 Å². The summed E-state index contributed by atoms with van der Waals surface area (Å²) in [5.41, 5.74) is 7.32. The highest BCUT2D eigenvalue weighted by molar-refractivity contribution is 7.89. The van der Waals surface area contributed by atoms with Crippen molar-refractivity contribution in [3.05, 3.63) is 29.8 Å². The van der Waals surface area contributed by atoms with Crippen LogP contribution in [0, 0.1) is 0 Å². The van der Waals surface area contributed by atoms with E-state index < -0.39 is 10.0 Å². The van der Waals surface area contributed by atoms with Gasteiger partial charge in [0, 0.05) is 19.3 Å². The third-order valence-electron chi connectivity index (χ3n) is 3.76. The van der Waals surface area contributed by atoms with Crippen LogP contribution in [0.3, 0.4) is 0 Å². The van der Waals surface area contributed by atoms with E-state index in [9.17, 15) is 8.42 Å². The number of benzene rings is 1. The number of hydrogen-bond acceptors (Lipinski definition) is 3. The molecule has 5 heteroatoms. The van der Waals surface area contributed by atoms with Crippen LogP contribution in [0.2, 0.25) is 0 Å². The number of hydrogen-bond donors (Lipinski definition) is 1. The van der Waals surface area contributed by atoms with Gasteiger partial charge < -0.3 is 5.73 Å². The van der Waals surface area contributed by atoms with Gasteiger partial charge in [0.25, 0.3) is 0 Å². The average molecular weight is 282 g/mol. The summed E-state index contributed by atoms with van der Waals surface area (Å²) in [5.74, 6) is 0. The highest BCUT2D eigenvalue weighted by Crippen LogP contribution is 2.26. The molecule has 0 bridgehead atoms. The molecule has 0 atom stereocenters. The van der Waals surface area contributed by atoms with Crippen LogP contribution in [0.1, 0.15) is 37.7 Å². The van der Waals surface area contributed by atoms with E-state index in [1.165, 1.54) is 4.31 Å². The van der Waals surface area contributed by atoms with Gasteiger partial charge in [-0.25, -0.2) is 12.7 Å². The SMILES string of the molecule is CN(Cc1cccc(N)c1)S(=O)(=O)C1CCCCC1. The van der Waals surface area contributed by atoms with E-state index >= 15 is 0 Å². The summed E-state index contributed by atoms with van der Waals surface area (Å²) in [6, 6.07) is 7.39. The first-order valence-electron chi connectivity index (χ1n) is 6.80. The average Bonchev–Trinajstić information content (AvgIpc) is 2.39. The number of nitrogens with two attached hydrogens (primary N) is 1. The van der Waals surface area contributed by atoms with Crippen LogP contribution in [0.25, 0.3) is 0 Å². The molecule has 1 aliphatic rings. The van der Waals surface area contributed by atoms with Crippen molar-refractivity contribution in [2.24, 2.45) is 0 Å². The highest BCUT2D eigenvalue weighted by Gasteiger charge is 2.30. The first kappa shape index (κ1) is 14.3. The van der Waals surface area contributed by atoms with Gasteiger partial charge >= 0.3 is 0 Å². The van der Waals surface area contributed by atoms with Gasteiger partial charge in [-0.15, -0.1) is 0 Å². The molecule has 1 aromatic carbocycles.